The van der Waals surface area contributed by atoms with Gasteiger partial charge in [0, 0.05) is 49.7 Å². The number of nitrogens with zero attached hydrogens (tertiary/aromatic N) is 3. The quantitative estimate of drug-likeness (QED) is 0.779. The van der Waals surface area contributed by atoms with Gasteiger partial charge in [0.25, 0.3) is 5.91 Å². The molecule has 0 bridgehead atoms. The highest BCUT2D eigenvalue weighted by Gasteiger charge is 2.43. The average Bonchev–Trinajstić information content (AvgIpc) is 3.29. The Bertz CT molecular complexity index is 797. The van der Waals surface area contributed by atoms with Crippen molar-refractivity contribution in [2.45, 2.75) is 77.4 Å². The Balaban J connectivity index is 1.37. The molecule has 4 unspecified atom stereocenters. The fourth-order valence-corrected chi connectivity index (χ4v) is 5.02. The highest BCUT2D eigenvalue weighted by molar-refractivity contribution is 5.92. The van der Waals surface area contributed by atoms with E-state index in [0.29, 0.717) is 30.1 Å². The zero-order valence-corrected chi connectivity index (χ0v) is 18.4. The predicted molar refractivity (Wildman–Crippen MR) is 111 cm³/mol. The van der Waals surface area contributed by atoms with E-state index in [1.54, 1.807) is 11.0 Å². The second-order valence-electron chi connectivity index (χ2n) is 10.4. The molecule has 1 saturated carbocycles. The van der Waals surface area contributed by atoms with Crippen LogP contribution >= 0.6 is 0 Å². The third kappa shape index (κ3) is 4.33. The number of amides is 2. The van der Waals surface area contributed by atoms with Crippen LogP contribution in [0.2, 0.25) is 0 Å². The number of carbonyl (C=O) groups excluding carboxylic acids is 1. The molecule has 0 spiro atoms. The number of carbonyl (C=O) groups is 2. The van der Waals surface area contributed by atoms with Gasteiger partial charge < -0.3 is 19.8 Å². The molecule has 2 saturated heterocycles. The van der Waals surface area contributed by atoms with Gasteiger partial charge in [-0.2, -0.15) is 0 Å². The molecule has 8 nitrogen and oxygen atoms in total. The summed E-state index contributed by atoms with van der Waals surface area (Å²) in [7, 11) is 0. The van der Waals surface area contributed by atoms with Crippen LogP contribution in [0.25, 0.3) is 0 Å². The normalized spacial score (nSPS) is 30.5. The van der Waals surface area contributed by atoms with Gasteiger partial charge in [-0.05, 0) is 37.0 Å². The van der Waals surface area contributed by atoms with E-state index in [1.807, 2.05) is 0 Å². The van der Waals surface area contributed by atoms with Crippen molar-refractivity contribution < 1.29 is 19.2 Å². The van der Waals surface area contributed by atoms with Crippen LogP contribution in [0.5, 0.6) is 0 Å². The summed E-state index contributed by atoms with van der Waals surface area (Å²) in [5.74, 6) is 1.42. The molecule has 1 aromatic rings. The lowest BCUT2D eigenvalue weighted by Crippen LogP contribution is -2.56. The first kappa shape index (κ1) is 21.2. The molecule has 4 rings (SSSR count). The summed E-state index contributed by atoms with van der Waals surface area (Å²) in [5.41, 5.74) is 0.257. The number of aromatic nitrogens is 1. The molecule has 30 heavy (non-hydrogen) atoms. The van der Waals surface area contributed by atoms with Crippen LogP contribution in [0.15, 0.2) is 10.6 Å². The molecule has 1 aromatic heterocycles. The first-order valence-electron chi connectivity index (χ1n) is 11.1. The van der Waals surface area contributed by atoms with E-state index < -0.39 is 6.09 Å². The van der Waals surface area contributed by atoms with Crippen molar-refractivity contribution in [1.82, 2.24) is 20.3 Å². The fourth-order valence-electron chi connectivity index (χ4n) is 5.02. The Morgan fingerprint density at radius 2 is 1.97 bits per heavy atom. The summed E-state index contributed by atoms with van der Waals surface area (Å²) < 4.78 is 5.32. The van der Waals surface area contributed by atoms with Crippen molar-refractivity contribution >= 4 is 12.0 Å². The summed E-state index contributed by atoms with van der Waals surface area (Å²) >= 11 is 0. The molecule has 0 aromatic carbocycles. The summed E-state index contributed by atoms with van der Waals surface area (Å²) in [4.78, 5) is 28.4. The third-order valence-electron chi connectivity index (χ3n) is 7.03. The van der Waals surface area contributed by atoms with Gasteiger partial charge in [0.2, 0.25) is 0 Å². The van der Waals surface area contributed by atoms with E-state index in [-0.39, 0.29) is 23.4 Å². The summed E-state index contributed by atoms with van der Waals surface area (Å²) in [6, 6.07) is 2.17. The Morgan fingerprint density at radius 3 is 2.60 bits per heavy atom. The van der Waals surface area contributed by atoms with Crippen molar-refractivity contribution in [3.05, 3.63) is 17.5 Å². The Hall–Kier alpha value is -2.09. The van der Waals surface area contributed by atoms with Gasteiger partial charge >= 0.3 is 6.09 Å². The van der Waals surface area contributed by atoms with Crippen LogP contribution in [0, 0.1) is 11.3 Å². The van der Waals surface area contributed by atoms with Crippen LogP contribution in [0.1, 0.15) is 75.5 Å². The first-order chi connectivity index (χ1) is 14.1. The lowest BCUT2D eigenvalue weighted by atomic mass is 9.79. The van der Waals surface area contributed by atoms with E-state index in [2.05, 4.69) is 43.1 Å². The topological polar surface area (TPSA) is 98.9 Å². The zero-order valence-electron chi connectivity index (χ0n) is 18.4. The van der Waals surface area contributed by atoms with Gasteiger partial charge in [0.05, 0.1) is 0 Å². The van der Waals surface area contributed by atoms with E-state index >= 15 is 0 Å². The highest BCUT2D eigenvalue weighted by atomic mass is 16.5. The number of piperidine rings is 1. The average molecular weight is 419 g/mol. The van der Waals surface area contributed by atoms with E-state index in [0.717, 1.165) is 44.5 Å². The highest BCUT2D eigenvalue weighted by Crippen LogP contribution is 2.40. The van der Waals surface area contributed by atoms with E-state index in [9.17, 15) is 14.7 Å². The maximum absolute atomic E-state index is 12.7. The Morgan fingerprint density at radius 1 is 1.23 bits per heavy atom. The minimum absolute atomic E-state index is 0.00586. The lowest BCUT2D eigenvalue weighted by molar-refractivity contribution is 0.0244. The fraction of sp³-hybridized carbons (Fsp3) is 0.773. The Kier molecular flexibility index (Phi) is 5.55. The molecule has 166 valence electrons. The van der Waals surface area contributed by atoms with Gasteiger partial charge in [-0.3, -0.25) is 9.69 Å². The number of likely N-dealkylation sites (tertiary alicyclic amines) is 2. The molecular weight excluding hydrogens is 384 g/mol. The summed E-state index contributed by atoms with van der Waals surface area (Å²) in [6.45, 7) is 10.8. The van der Waals surface area contributed by atoms with Gasteiger partial charge in [0.1, 0.15) is 5.76 Å². The van der Waals surface area contributed by atoms with Gasteiger partial charge in [-0.1, -0.05) is 32.9 Å². The van der Waals surface area contributed by atoms with E-state index in [1.165, 1.54) is 0 Å². The second kappa shape index (κ2) is 7.87. The van der Waals surface area contributed by atoms with Crippen LogP contribution < -0.4 is 5.32 Å². The Labute approximate surface area is 177 Å². The predicted octanol–water partition coefficient (Wildman–Crippen LogP) is 3.16. The van der Waals surface area contributed by atoms with Crippen molar-refractivity contribution in [3.8, 4) is 0 Å². The maximum atomic E-state index is 12.7. The van der Waals surface area contributed by atoms with Crippen molar-refractivity contribution in [3.63, 3.8) is 0 Å². The molecule has 3 aliphatic rings. The smallest absolute Gasteiger partial charge is 0.407 e. The maximum Gasteiger partial charge on any atom is 0.407 e. The van der Waals surface area contributed by atoms with Crippen molar-refractivity contribution in [1.29, 1.82) is 0 Å². The van der Waals surface area contributed by atoms with Crippen LogP contribution in [-0.2, 0) is 0 Å². The standard InChI is InChI=1S/C22H34N4O4/c1-13-11-25(15-7-8-26(21(28)29)19(9-15)22(2,3)4)12-17(13)23-20(27)16-10-18(30-24-16)14-5-6-14/h10,13-15,17,19H,5-9,11-12H2,1-4H3,(H,23,27)(H,28,29). The first-order valence-corrected chi connectivity index (χ1v) is 11.1. The van der Waals surface area contributed by atoms with Gasteiger partial charge in [-0.25, -0.2) is 4.79 Å². The molecule has 4 atom stereocenters. The molecule has 3 heterocycles. The van der Waals surface area contributed by atoms with Crippen molar-refractivity contribution in [2.75, 3.05) is 19.6 Å². The van der Waals surface area contributed by atoms with Gasteiger partial charge in [0.15, 0.2) is 5.69 Å². The molecule has 2 amide bonds. The molecule has 2 N–H and O–H groups in total. The SMILES string of the molecule is CC1CN(C2CCN(C(=O)O)C(C(C)(C)C)C2)CC1NC(=O)c1cc(C2CC2)on1. The number of rotatable bonds is 4. The number of carboxylic acid groups (broad SMARTS) is 1. The number of nitrogens with one attached hydrogen (secondary N) is 1. The largest absolute Gasteiger partial charge is 0.465 e. The van der Waals surface area contributed by atoms with Crippen molar-refractivity contribution in [2.24, 2.45) is 11.3 Å². The number of hydrogen-bond donors (Lipinski definition) is 2. The number of hydrogen-bond acceptors (Lipinski definition) is 5. The molecule has 1 aliphatic carbocycles. The van der Waals surface area contributed by atoms with Crippen LogP contribution in [-0.4, -0.2) is 69.8 Å². The van der Waals surface area contributed by atoms with Gasteiger partial charge in [-0.15, -0.1) is 0 Å². The molecular formula is C22H34N4O4. The summed E-state index contributed by atoms with van der Waals surface area (Å²) in [5, 5.41) is 16.7. The monoisotopic (exact) mass is 418 g/mol. The van der Waals surface area contributed by atoms with Crippen LogP contribution in [0.3, 0.4) is 0 Å². The van der Waals surface area contributed by atoms with E-state index in [4.69, 9.17) is 4.52 Å². The molecule has 0 radical (unpaired) electrons. The van der Waals surface area contributed by atoms with Crippen LogP contribution in [0.4, 0.5) is 4.79 Å². The second-order valence-corrected chi connectivity index (χ2v) is 10.4. The minimum Gasteiger partial charge on any atom is -0.465 e. The molecule has 8 heteroatoms. The summed E-state index contributed by atoms with van der Waals surface area (Å²) in [6.07, 6.45) is 3.06. The molecule has 2 aliphatic heterocycles. The molecule has 3 fully saturated rings. The third-order valence-corrected chi connectivity index (χ3v) is 7.03. The lowest BCUT2D eigenvalue weighted by Gasteiger charge is -2.46. The zero-order chi connectivity index (χ0) is 21.6. The minimum atomic E-state index is -0.827.